The first-order valence-corrected chi connectivity index (χ1v) is 8.06. The number of amides is 2. The summed E-state index contributed by atoms with van der Waals surface area (Å²) in [6.45, 7) is 1.88. The van der Waals surface area contributed by atoms with Crippen LogP contribution in [0.5, 0.6) is 5.75 Å². The Kier molecular flexibility index (Phi) is 6.21. The van der Waals surface area contributed by atoms with Crippen molar-refractivity contribution in [2.24, 2.45) is 5.92 Å². The van der Waals surface area contributed by atoms with E-state index in [4.69, 9.17) is 4.74 Å². The number of halogens is 1. The highest BCUT2D eigenvalue weighted by molar-refractivity contribution is 5.74. The van der Waals surface area contributed by atoms with Gasteiger partial charge in [0.05, 0.1) is 13.2 Å². The molecule has 2 rings (SSSR count). The van der Waals surface area contributed by atoms with Gasteiger partial charge in [-0.1, -0.05) is 18.9 Å². The molecule has 1 fully saturated rings. The second-order valence-electron chi connectivity index (χ2n) is 6.07. The summed E-state index contributed by atoms with van der Waals surface area (Å²) in [5, 5.41) is 15.1. The topological polar surface area (TPSA) is 70.6 Å². The lowest BCUT2D eigenvalue weighted by Crippen LogP contribution is -2.48. The van der Waals surface area contributed by atoms with Gasteiger partial charge in [-0.25, -0.2) is 9.18 Å². The number of hydrogen-bond acceptors (Lipinski definition) is 3. The van der Waals surface area contributed by atoms with Gasteiger partial charge in [-0.15, -0.1) is 0 Å². The van der Waals surface area contributed by atoms with Gasteiger partial charge in [-0.05, 0) is 37.5 Å². The quantitative estimate of drug-likeness (QED) is 0.780. The van der Waals surface area contributed by atoms with Crippen LogP contribution in [0.3, 0.4) is 0 Å². The molecule has 1 aliphatic carbocycles. The maximum absolute atomic E-state index is 13.7. The molecule has 5 nitrogen and oxygen atoms in total. The van der Waals surface area contributed by atoms with Crippen LogP contribution < -0.4 is 15.4 Å². The molecule has 0 spiro atoms. The summed E-state index contributed by atoms with van der Waals surface area (Å²) in [7, 11) is 1.41. The number of nitrogens with one attached hydrogen (secondary N) is 2. The smallest absolute Gasteiger partial charge is 0.315 e. The zero-order valence-electron chi connectivity index (χ0n) is 13.6. The van der Waals surface area contributed by atoms with E-state index in [2.05, 4.69) is 10.6 Å². The van der Waals surface area contributed by atoms with Gasteiger partial charge in [0.2, 0.25) is 0 Å². The molecule has 1 saturated carbocycles. The maximum atomic E-state index is 13.7. The Balaban J connectivity index is 1.92. The average Bonchev–Trinajstić information content (AvgIpc) is 2.55. The van der Waals surface area contributed by atoms with E-state index in [-0.39, 0.29) is 36.4 Å². The maximum Gasteiger partial charge on any atom is 0.315 e. The normalized spacial score (nSPS) is 22.3. The van der Waals surface area contributed by atoms with Gasteiger partial charge in [-0.2, -0.15) is 0 Å². The molecule has 3 N–H and O–H groups in total. The molecular formula is C17H25FN2O3. The third-order valence-electron chi connectivity index (χ3n) is 4.48. The molecule has 3 unspecified atom stereocenters. The van der Waals surface area contributed by atoms with E-state index in [1.54, 1.807) is 19.1 Å². The first kappa shape index (κ1) is 17.5. The molecule has 128 valence electrons. The van der Waals surface area contributed by atoms with Crippen molar-refractivity contribution in [2.75, 3.05) is 13.7 Å². The highest BCUT2D eigenvalue weighted by atomic mass is 19.1. The number of rotatable bonds is 5. The molecule has 23 heavy (non-hydrogen) atoms. The van der Waals surface area contributed by atoms with Crippen molar-refractivity contribution in [3.05, 3.63) is 29.6 Å². The van der Waals surface area contributed by atoms with Crippen molar-refractivity contribution in [1.29, 1.82) is 0 Å². The summed E-state index contributed by atoms with van der Waals surface area (Å²) in [6.07, 6.45) is 3.96. The lowest BCUT2D eigenvalue weighted by molar-refractivity contribution is 0.153. The van der Waals surface area contributed by atoms with Gasteiger partial charge in [0.25, 0.3) is 0 Å². The molecule has 6 heteroatoms. The average molecular weight is 324 g/mol. The monoisotopic (exact) mass is 324 g/mol. The van der Waals surface area contributed by atoms with E-state index < -0.39 is 5.82 Å². The van der Waals surface area contributed by atoms with Crippen molar-refractivity contribution < 1.29 is 19.0 Å². The van der Waals surface area contributed by atoms with Gasteiger partial charge in [-0.3, -0.25) is 0 Å². The van der Waals surface area contributed by atoms with E-state index in [1.807, 2.05) is 0 Å². The second kappa shape index (κ2) is 8.15. The van der Waals surface area contributed by atoms with E-state index in [0.717, 1.165) is 25.7 Å². The fourth-order valence-electron chi connectivity index (χ4n) is 3.06. The zero-order valence-corrected chi connectivity index (χ0v) is 13.6. The molecule has 1 aliphatic rings. The Morgan fingerprint density at radius 1 is 1.43 bits per heavy atom. The van der Waals surface area contributed by atoms with Crippen LogP contribution in [0, 0.1) is 11.7 Å². The van der Waals surface area contributed by atoms with E-state index in [1.165, 1.54) is 13.2 Å². The fourth-order valence-corrected chi connectivity index (χ4v) is 3.06. The van der Waals surface area contributed by atoms with Crippen LogP contribution in [0.15, 0.2) is 18.2 Å². The van der Waals surface area contributed by atoms with Gasteiger partial charge in [0.1, 0.15) is 0 Å². The number of urea groups is 1. The highest BCUT2D eigenvalue weighted by Gasteiger charge is 2.26. The van der Waals surface area contributed by atoms with Crippen molar-refractivity contribution in [3.63, 3.8) is 0 Å². The van der Waals surface area contributed by atoms with Gasteiger partial charge < -0.3 is 20.5 Å². The summed E-state index contributed by atoms with van der Waals surface area (Å²) in [5.74, 6) is -0.159. The molecule has 0 heterocycles. The lowest BCUT2D eigenvalue weighted by atomic mass is 9.85. The Labute approximate surface area is 136 Å². The van der Waals surface area contributed by atoms with Gasteiger partial charge in [0, 0.05) is 18.6 Å². The Bertz CT molecular complexity index is 539. The van der Waals surface area contributed by atoms with Crippen LogP contribution in [-0.2, 0) is 0 Å². The number of carbonyl (C=O) groups excluding carboxylic acids is 1. The minimum absolute atomic E-state index is 0.00597. The Morgan fingerprint density at radius 3 is 2.83 bits per heavy atom. The van der Waals surface area contributed by atoms with Crippen LogP contribution in [-0.4, -0.2) is 30.9 Å². The molecular weight excluding hydrogens is 299 g/mol. The Morgan fingerprint density at radius 2 is 2.17 bits per heavy atom. The standard InChI is InChI=1S/C17H25FN2O3/c1-11(12-7-8-16(23-2)14(18)9-12)19-17(22)20-15-6-4-3-5-13(15)10-21/h7-9,11,13,15,21H,3-6,10H2,1-2H3,(H2,19,20,22). The van der Waals surface area contributed by atoms with Crippen molar-refractivity contribution in [3.8, 4) is 5.75 Å². The number of aliphatic hydroxyl groups excluding tert-OH is 1. The summed E-state index contributed by atoms with van der Waals surface area (Å²) >= 11 is 0. The summed E-state index contributed by atoms with van der Waals surface area (Å²) in [4.78, 5) is 12.1. The summed E-state index contributed by atoms with van der Waals surface area (Å²) in [5.41, 5.74) is 0.667. The molecule has 0 aliphatic heterocycles. The van der Waals surface area contributed by atoms with E-state index in [9.17, 15) is 14.3 Å². The summed E-state index contributed by atoms with van der Waals surface area (Å²) in [6, 6.07) is 4.01. The van der Waals surface area contributed by atoms with Crippen LogP contribution in [0.4, 0.5) is 9.18 Å². The molecule has 1 aromatic rings. The third kappa shape index (κ3) is 4.58. The van der Waals surface area contributed by atoms with Gasteiger partial charge >= 0.3 is 6.03 Å². The first-order chi connectivity index (χ1) is 11.0. The molecule has 2 amide bonds. The van der Waals surface area contributed by atoms with Crippen molar-refractivity contribution in [2.45, 2.75) is 44.7 Å². The number of aliphatic hydroxyl groups is 1. The van der Waals surface area contributed by atoms with Crippen molar-refractivity contribution >= 4 is 6.03 Å². The SMILES string of the molecule is COc1ccc(C(C)NC(=O)NC2CCCCC2CO)cc1F. The van der Waals surface area contributed by atoms with Crippen LogP contribution in [0.1, 0.15) is 44.2 Å². The largest absolute Gasteiger partial charge is 0.494 e. The molecule has 0 bridgehead atoms. The summed E-state index contributed by atoms with van der Waals surface area (Å²) < 4.78 is 18.6. The molecule has 0 radical (unpaired) electrons. The van der Waals surface area contributed by atoms with E-state index >= 15 is 0 Å². The predicted octanol–water partition coefficient (Wildman–Crippen LogP) is 2.75. The minimum atomic E-state index is -0.452. The lowest BCUT2D eigenvalue weighted by Gasteiger charge is -2.31. The third-order valence-corrected chi connectivity index (χ3v) is 4.48. The number of carbonyl (C=O) groups is 1. The Hall–Kier alpha value is -1.82. The number of benzene rings is 1. The molecule has 3 atom stereocenters. The predicted molar refractivity (Wildman–Crippen MR) is 85.9 cm³/mol. The fraction of sp³-hybridized carbons (Fsp3) is 0.588. The first-order valence-electron chi connectivity index (χ1n) is 8.06. The highest BCUT2D eigenvalue weighted by Crippen LogP contribution is 2.24. The molecule has 1 aromatic carbocycles. The number of hydrogen-bond donors (Lipinski definition) is 3. The van der Waals surface area contributed by atoms with Crippen LogP contribution in [0.2, 0.25) is 0 Å². The number of methoxy groups -OCH3 is 1. The number of ether oxygens (including phenoxy) is 1. The zero-order chi connectivity index (χ0) is 16.8. The van der Waals surface area contributed by atoms with Crippen LogP contribution in [0.25, 0.3) is 0 Å². The minimum Gasteiger partial charge on any atom is -0.494 e. The van der Waals surface area contributed by atoms with E-state index in [0.29, 0.717) is 5.56 Å². The van der Waals surface area contributed by atoms with Crippen molar-refractivity contribution in [1.82, 2.24) is 10.6 Å². The molecule has 0 saturated heterocycles. The van der Waals surface area contributed by atoms with Crippen LogP contribution >= 0.6 is 0 Å². The molecule has 0 aromatic heterocycles. The second-order valence-corrected chi connectivity index (χ2v) is 6.07. The van der Waals surface area contributed by atoms with Gasteiger partial charge in [0.15, 0.2) is 11.6 Å².